The van der Waals surface area contributed by atoms with Crippen molar-refractivity contribution in [2.45, 2.75) is 40.2 Å². The van der Waals surface area contributed by atoms with Crippen LogP contribution in [0.5, 0.6) is 0 Å². The van der Waals surface area contributed by atoms with E-state index in [1.807, 2.05) is 14.0 Å². The van der Waals surface area contributed by atoms with E-state index in [4.69, 9.17) is 4.74 Å². The molecule has 5 nitrogen and oxygen atoms in total. The Morgan fingerprint density at radius 2 is 1.89 bits per heavy atom. The van der Waals surface area contributed by atoms with Crippen LogP contribution in [0, 0.1) is 5.92 Å². The van der Waals surface area contributed by atoms with Gasteiger partial charge >= 0.3 is 0 Å². The second kappa shape index (κ2) is 7.94. The van der Waals surface area contributed by atoms with Crippen LogP contribution in [0.15, 0.2) is 6.33 Å². The molecular weight excluding hydrogens is 240 g/mol. The summed E-state index contributed by atoms with van der Waals surface area (Å²) in [7, 11) is 1.88. The molecule has 0 aliphatic rings. The van der Waals surface area contributed by atoms with Crippen molar-refractivity contribution in [1.82, 2.24) is 9.97 Å². The molecular formula is C14H26N4O. The second-order valence-electron chi connectivity index (χ2n) is 4.81. The molecule has 0 aliphatic heterocycles. The van der Waals surface area contributed by atoms with Crippen LogP contribution < -0.4 is 10.6 Å². The number of nitrogens with one attached hydrogen (secondary N) is 2. The zero-order valence-electron chi connectivity index (χ0n) is 12.7. The summed E-state index contributed by atoms with van der Waals surface area (Å²) in [4.78, 5) is 8.62. The number of nitrogens with zero attached hydrogens (tertiary/aromatic N) is 2. The average Bonchev–Trinajstić information content (AvgIpc) is 2.42. The van der Waals surface area contributed by atoms with Crippen molar-refractivity contribution in [3.63, 3.8) is 0 Å². The molecule has 0 saturated carbocycles. The number of rotatable bonds is 8. The van der Waals surface area contributed by atoms with Crippen molar-refractivity contribution in [2.75, 3.05) is 30.9 Å². The maximum Gasteiger partial charge on any atom is 0.135 e. The number of hydrogen-bond donors (Lipinski definition) is 2. The second-order valence-corrected chi connectivity index (χ2v) is 4.81. The van der Waals surface area contributed by atoms with Crippen LogP contribution >= 0.6 is 0 Å². The lowest BCUT2D eigenvalue weighted by molar-refractivity contribution is 0.126. The summed E-state index contributed by atoms with van der Waals surface area (Å²) in [5.41, 5.74) is 1.12. The van der Waals surface area contributed by atoms with E-state index < -0.39 is 0 Å². The van der Waals surface area contributed by atoms with E-state index in [1.54, 1.807) is 6.33 Å². The summed E-state index contributed by atoms with van der Waals surface area (Å²) in [5.74, 6) is 2.27. The number of hydrogen-bond acceptors (Lipinski definition) is 5. The fourth-order valence-electron chi connectivity index (χ4n) is 1.91. The topological polar surface area (TPSA) is 59.1 Å². The molecule has 2 N–H and O–H groups in total. The van der Waals surface area contributed by atoms with Crippen molar-refractivity contribution >= 4 is 11.6 Å². The monoisotopic (exact) mass is 266 g/mol. The summed E-state index contributed by atoms with van der Waals surface area (Å²) in [6.45, 7) is 9.91. The highest BCUT2D eigenvalue weighted by atomic mass is 16.5. The maximum atomic E-state index is 5.54. The first kappa shape index (κ1) is 15.7. The Labute approximate surface area is 116 Å². The summed E-state index contributed by atoms with van der Waals surface area (Å²) < 4.78 is 5.54. The van der Waals surface area contributed by atoms with E-state index in [9.17, 15) is 0 Å². The highest BCUT2D eigenvalue weighted by Gasteiger charge is 2.17. The molecule has 1 aromatic heterocycles. The Kier molecular flexibility index (Phi) is 6.56. The largest absolute Gasteiger partial charge is 0.380 e. The van der Waals surface area contributed by atoms with Gasteiger partial charge in [0.15, 0.2) is 0 Å². The Bertz CT molecular complexity index is 382. The summed E-state index contributed by atoms with van der Waals surface area (Å²) >= 11 is 0. The SMILES string of the molecule is CCOCC(Nc1ncnc(NC)c1CC)C(C)C. The van der Waals surface area contributed by atoms with E-state index >= 15 is 0 Å². The molecule has 1 unspecified atom stereocenters. The highest BCUT2D eigenvalue weighted by Crippen LogP contribution is 2.22. The lowest BCUT2D eigenvalue weighted by atomic mass is 10.0. The molecule has 0 aromatic carbocycles. The molecule has 108 valence electrons. The Hall–Kier alpha value is -1.36. The quantitative estimate of drug-likeness (QED) is 0.757. The lowest BCUT2D eigenvalue weighted by Crippen LogP contribution is -2.32. The number of ether oxygens (including phenoxy) is 1. The molecule has 0 radical (unpaired) electrons. The van der Waals surface area contributed by atoms with Gasteiger partial charge < -0.3 is 15.4 Å². The molecule has 1 heterocycles. The third-order valence-electron chi connectivity index (χ3n) is 3.16. The first-order valence-corrected chi connectivity index (χ1v) is 6.99. The third-order valence-corrected chi connectivity index (χ3v) is 3.16. The molecule has 0 saturated heterocycles. The zero-order valence-corrected chi connectivity index (χ0v) is 12.7. The maximum absolute atomic E-state index is 5.54. The molecule has 0 amide bonds. The van der Waals surface area contributed by atoms with Gasteiger partial charge in [0, 0.05) is 19.2 Å². The Morgan fingerprint density at radius 1 is 1.21 bits per heavy atom. The first-order valence-electron chi connectivity index (χ1n) is 6.99. The molecule has 0 spiro atoms. The minimum absolute atomic E-state index is 0.254. The summed E-state index contributed by atoms with van der Waals surface area (Å²) in [6, 6.07) is 0.254. The molecule has 5 heteroatoms. The Morgan fingerprint density at radius 3 is 2.42 bits per heavy atom. The Balaban J connectivity index is 2.89. The van der Waals surface area contributed by atoms with Crippen LogP contribution in [0.2, 0.25) is 0 Å². The first-order chi connectivity index (χ1) is 9.13. The molecule has 1 atom stereocenters. The van der Waals surface area contributed by atoms with E-state index in [1.165, 1.54) is 0 Å². The van der Waals surface area contributed by atoms with Gasteiger partial charge in [0.1, 0.15) is 18.0 Å². The van der Waals surface area contributed by atoms with Crippen LogP contribution in [-0.4, -0.2) is 36.3 Å². The summed E-state index contributed by atoms with van der Waals surface area (Å²) in [5, 5.41) is 6.60. The molecule has 1 aromatic rings. The van der Waals surface area contributed by atoms with Gasteiger partial charge in [-0.2, -0.15) is 0 Å². The van der Waals surface area contributed by atoms with Gasteiger partial charge in [-0.3, -0.25) is 0 Å². The number of aromatic nitrogens is 2. The minimum atomic E-state index is 0.254. The minimum Gasteiger partial charge on any atom is -0.380 e. The van der Waals surface area contributed by atoms with Gasteiger partial charge in [-0.05, 0) is 19.3 Å². The standard InChI is InChI=1S/C14H26N4O/c1-6-11-13(15-5)16-9-17-14(11)18-12(10(3)4)8-19-7-2/h9-10,12H,6-8H2,1-5H3,(H2,15,16,17,18). The molecule has 0 aliphatic carbocycles. The zero-order chi connectivity index (χ0) is 14.3. The van der Waals surface area contributed by atoms with Crippen LogP contribution in [-0.2, 0) is 11.2 Å². The van der Waals surface area contributed by atoms with Crippen molar-refractivity contribution in [3.8, 4) is 0 Å². The molecule has 0 fully saturated rings. The predicted molar refractivity (Wildman–Crippen MR) is 79.7 cm³/mol. The van der Waals surface area contributed by atoms with Gasteiger partial charge in [0.25, 0.3) is 0 Å². The van der Waals surface area contributed by atoms with Crippen molar-refractivity contribution in [1.29, 1.82) is 0 Å². The summed E-state index contributed by atoms with van der Waals surface area (Å²) in [6.07, 6.45) is 2.48. The van der Waals surface area contributed by atoms with Crippen LogP contribution in [0.25, 0.3) is 0 Å². The van der Waals surface area contributed by atoms with Crippen LogP contribution in [0.3, 0.4) is 0 Å². The van der Waals surface area contributed by atoms with Gasteiger partial charge in [0.05, 0.1) is 12.6 Å². The van der Waals surface area contributed by atoms with Crippen LogP contribution in [0.1, 0.15) is 33.3 Å². The fraction of sp³-hybridized carbons (Fsp3) is 0.714. The lowest BCUT2D eigenvalue weighted by Gasteiger charge is -2.24. The van der Waals surface area contributed by atoms with Crippen LogP contribution in [0.4, 0.5) is 11.6 Å². The highest BCUT2D eigenvalue weighted by molar-refractivity contribution is 5.57. The molecule has 19 heavy (non-hydrogen) atoms. The van der Waals surface area contributed by atoms with E-state index in [0.717, 1.165) is 30.2 Å². The van der Waals surface area contributed by atoms with Gasteiger partial charge in [-0.1, -0.05) is 20.8 Å². The predicted octanol–water partition coefficient (Wildman–Crippen LogP) is 2.55. The third kappa shape index (κ3) is 4.35. The normalized spacial score (nSPS) is 12.5. The van der Waals surface area contributed by atoms with Gasteiger partial charge in [-0.15, -0.1) is 0 Å². The average molecular weight is 266 g/mol. The van der Waals surface area contributed by atoms with E-state index in [2.05, 4.69) is 41.4 Å². The van der Waals surface area contributed by atoms with Gasteiger partial charge in [0.2, 0.25) is 0 Å². The number of anilines is 2. The fourth-order valence-corrected chi connectivity index (χ4v) is 1.91. The smallest absolute Gasteiger partial charge is 0.135 e. The van der Waals surface area contributed by atoms with E-state index in [0.29, 0.717) is 12.5 Å². The molecule has 1 rings (SSSR count). The van der Waals surface area contributed by atoms with Crippen molar-refractivity contribution in [2.24, 2.45) is 5.92 Å². The molecule has 0 bridgehead atoms. The van der Waals surface area contributed by atoms with E-state index in [-0.39, 0.29) is 6.04 Å². The van der Waals surface area contributed by atoms with Crippen molar-refractivity contribution < 1.29 is 4.74 Å². The van der Waals surface area contributed by atoms with Crippen molar-refractivity contribution in [3.05, 3.63) is 11.9 Å². The van der Waals surface area contributed by atoms with Gasteiger partial charge in [-0.25, -0.2) is 9.97 Å².